The smallest absolute Gasteiger partial charge is 0.292 e. The van der Waals surface area contributed by atoms with E-state index in [1.165, 1.54) is 0 Å². The van der Waals surface area contributed by atoms with Gasteiger partial charge in [-0.2, -0.15) is 18.7 Å². The molecule has 84 valence electrons. The highest BCUT2D eigenvalue weighted by Crippen LogP contribution is 2.27. The Labute approximate surface area is 81.8 Å². The molecule has 2 unspecified atom stereocenters. The second kappa shape index (κ2) is 4.98. The second-order valence-electron chi connectivity index (χ2n) is 3.81. The Kier molecular flexibility index (Phi) is 4.19. The summed E-state index contributed by atoms with van der Waals surface area (Å²) in [7, 11) is 0. The Balaban J connectivity index is 2.09. The highest BCUT2D eigenvalue weighted by molar-refractivity contribution is 4.77. The van der Waals surface area contributed by atoms with Gasteiger partial charge in [0.25, 0.3) is 0 Å². The van der Waals surface area contributed by atoms with Crippen LogP contribution in [-0.4, -0.2) is 18.8 Å². The van der Waals surface area contributed by atoms with Gasteiger partial charge in [0.1, 0.15) is 0 Å². The van der Waals surface area contributed by atoms with Crippen LogP contribution in [0.5, 0.6) is 0 Å². The Bertz CT molecular complexity index is 172. The minimum Gasteiger partial charge on any atom is -0.292 e. The zero-order valence-electron chi connectivity index (χ0n) is 8.23. The van der Waals surface area contributed by atoms with Crippen molar-refractivity contribution in [3.63, 3.8) is 0 Å². The highest BCUT2D eigenvalue weighted by Gasteiger charge is 2.29. The van der Waals surface area contributed by atoms with Crippen molar-refractivity contribution in [1.82, 2.24) is 5.48 Å². The SMILES string of the molecule is CCC1CCC(NOCC(F)(F)F)C1. The van der Waals surface area contributed by atoms with Gasteiger partial charge in [0.15, 0.2) is 6.61 Å². The van der Waals surface area contributed by atoms with E-state index in [0.717, 1.165) is 25.7 Å². The van der Waals surface area contributed by atoms with Crippen molar-refractivity contribution < 1.29 is 18.0 Å². The fourth-order valence-corrected chi connectivity index (χ4v) is 1.79. The van der Waals surface area contributed by atoms with Crippen LogP contribution in [0, 0.1) is 5.92 Å². The molecule has 0 radical (unpaired) electrons. The minimum atomic E-state index is -4.24. The lowest BCUT2D eigenvalue weighted by atomic mass is 10.1. The molecule has 0 aromatic carbocycles. The molecule has 5 heteroatoms. The van der Waals surface area contributed by atoms with Crippen LogP contribution in [0.4, 0.5) is 13.2 Å². The minimum absolute atomic E-state index is 0.0994. The predicted molar refractivity (Wildman–Crippen MR) is 46.6 cm³/mol. The average molecular weight is 211 g/mol. The topological polar surface area (TPSA) is 21.3 Å². The zero-order chi connectivity index (χ0) is 10.6. The third-order valence-corrected chi connectivity index (χ3v) is 2.60. The van der Waals surface area contributed by atoms with Gasteiger partial charge in [0.2, 0.25) is 0 Å². The lowest BCUT2D eigenvalue weighted by Gasteiger charge is -2.13. The molecule has 1 rings (SSSR count). The van der Waals surface area contributed by atoms with Gasteiger partial charge in [-0.15, -0.1) is 0 Å². The molecule has 1 aliphatic carbocycles. The van der Waals surface area contributed by atoms with Crippen molar-refractivity contribution in [1.29, 1.82) is 0 Å². The maximum atomic E-state index is 11.7. The van der Waals surface area contributed by atoms with Crippen molar-refractivity contribution in [2.24, 2.45) is 5.92 Å². The number of rotatable bonds is 4. The first-order valence-electron chi connectivity index (χ1n) is 4.95. The summed E-state index contributed by atoms with van der Waals surface area (Å²) >= 11 is 0. The standard InChI is InChI=1S/C9H16F3NO/c1-2-7-3-4-8(5-7)13-14-6-9(10,11)12/h7-8,13H,2-6H2,1H3. The van der Waals surface area contributed by atoms with Crippen LogP contribution in [-0.2, 0) is 4.84 Å². The van der Waals surface area contributed by atoms with Crippen molar-refractivity contribution >= 4 is 0 Å². The van der Waals surface area contributed by atoms with Gasteiger partial charge >= 0.3 is 6.18 Å². The Morgan fingerprint density at radius 2 is 2.07 bits per heavy atom. The molecule has 2 nitrogen and oxygen atoms in total. The molecule has 0 amide bonds. The molecule has 0 spiro atoms. The first kappa shape index (κ1) is 11.8. The van der Waals surface area contributed by atoms with Crippen LogP contribution < -0.4 is 5.48 Å². The first-order chi connectivity index (χ1) is 6.51. The summed E-state index contributed by atoms with van der Waals surface area (Å²) in [5.74, 6) is 0.641. The van der Waals surface area contributed by atoms with E-state index in [-0.39, 0.29) is 6.04 Å². The number of halogens is 3. The lowest BCUT2D eigenvalue weighted by molar-refractivity contribution is -0.192. The Morgan fingerprint density at radius 1 is 1.36 bits per heavy atom. The molecule has 1 saturated carbocycles. The fraction of sp³-hybridized carbons (Fsp3) is 1.00. The normalized spacial score (nSPS) is 28.3. The molecule has 0 aromatic heterocycles. The molecular formula is C9H16F3NO. The van der Waals surface area contributed by atoms with Gasteiger partial charge in [0, 0.05) is 6.04 Å². The third-order valence-electron chi connectivity index (χ3n) is 2.60. The summed E-state index contributed by atoms with van der Waals surface area (Å²) < 4.78 is 35.1. The number of nitrogens with one attached hydrogen (secondary N) is 1. The fourth-order valence-electron chi connectivity index (χ4n) is 1.79. The predicted octanol–water partition coefficient (Wildman–Crippen LogP) is 2.65. The summed E-state index contributed by atoms with van der Waals surface area (Å²) in [6, 6.07) is 0.0994. The van der Waals surface area contributed by atoms with Gasteiger partial charge in [0.05, 0.1) is 0 Å². The van der Waals surface area contributed by atoms with E-state index >= 15 is 0 Å². The van der Waals surface area contributed by atoms with Crippen LogP contribution in [0.15, 0.2) is 0 Å². The van der Waals surface area contributed by atoms with E-state index in [1.54, 1.807) is 0 Å². The lowest BCUT2D eigenvalue weighted by Crippen LogP contribution is -2.31. The largest absolute Gasteiger partial charge is 0.413 e. The van der Waals surface area contributed by atoms with Crippen LogP contribution >= 0.6 is 0 Å². The number of hydrogen-bond donors (Lipinski definition) is 1. The van der Waals surface area contributed by atoms with Crippen molar-refractivity contribution in [3.8, 4) is 0 Å². The van der Waals surface area contributed by atoms with Crippen LogP contribution in [0.25, 0.3) is 0 Å². The summed E-state index contributed by atoms with van der Waals surface area (Å²) in [5.41, 5.74) is 2.48. The van der Waals surface area contributed by atoms with Gasteiger partial charge in [-0.25, -0.2) is 0 Å². The van der Waals surface area contributed by atoms with Crippen molar-refractivity contribution in [3.05, 3.63) is 0 Å². The van der Waals surface area contributed by atoms with E-state index < -0.39 is 12.8 Å². The van der Waals surface area contributed by atoms with Gasteiger partial charge in [-0.05, 0) is 25.2 Å². The Hall–Kier alpha value is -0.290. The number of hydroxylamine groups is 1. The molecule has 0 heterocycles. The van der Waals surface area contributed by atoms with E-state index in [0.29, 0.717) is 5.92 Å². The molecule has 1 fully saturated rings. The highest BCUT2D eigenvalue weighted by atomic mass is 19.4. The zero-order valence-corrected chi connectivity index (χ0v) is 8.23. The van der Waals surface area contributed by atoms with Crippen molar-refractivity contribution in [2.75, 3.05) is 6.61 Å². The third kappa shape index (κ3) is 4.28. The molecule has 2 atom stereocenters. The molecule has 0 saturated heterocycles. The molecule has 0 aromatic rings. The molecule has 1 aliphatic rings. The maximum Gasteiger partial charge on any atom is 0.413 e. The summed E-state index contributed by atoms with van der Waals surface area (Å²) in [4.78, 5) is 4.40. The molecule has 0 aliphatic heterocycles. The van der Waals surface area contributed by atoms with E-state index in [4.69, 9.17) is 0 Å². The Morgan fingerprint density at radius 3 is 2.57 bits per heavy atom. The molecule has 14 heavy (non-hydrogen) atoms. The number of hydrogen-bond acceptors (Lipinski definition) is 2. The van der Waals surface area contributed by atoms with E-state index in [1.807, 2.05) is 0 Å². The summed E-state index contributed by atoms with van der Waals surface area (Å²) in [5, 5.41) is 0. The van der Waals surface area contributed by atoms with Gasteiger partial charge in [-0.3, -0.25) is 4.84 Å². The van der Waals surface area contributed by atoms with Crippen LogP contribution in [0.3, 0.4) is 0 Å². The van der Waals surface area contributed by atoms with Crippen LogP contribution in [0.1, 0.15) is 32.6 Å². The molecule has 1 N–H and O–H groups in total. The van der Waals surface area contributed by atoms with E-state index in [9.17, 15) is 13.2 Å². The summed E-state index contributed by atoms with van der Waals surface area (Å²) in [6.45, 7) is 0.893. The van der Waals surface area contributed by atoms with Crippen LogP contribution in [0.2, 0.25) is 0 Å². The van der Waals surface area contributed by atoms with Gasteiger partial charge in [-0.1, -0.05) is 13.3 Å². The van der Waals surface area contributed by atoms with Crippen molar-refractivity contribution in [2.45, 2.75) is 44.8 Å². The maximum absolute atomic E-state index is 11.7. The summed E-state index contributed by atoms with van der Waals surface area (Å²) in [6.07, 6.45) is -0.221. The van der Waals surface area contributed by atoms with Gasteiger partial charge < -0.3 is 0 Å². The molecule has 0 bridgehead atoms. The monoisotopic (exact) mass is 211 g/mol. The second-order valence-corrected chi connectivity index (χ2v) is 3.81. The molecular weight excluding hydrogens is 195 g/mol. The average Bonchev–Trinajstić information content (AvgIpc) is 2.50. The quantitative estimate of drug-likeness (QED) is 0.722. The number of alkyl halides is 3. The first-order valence-corrected chi connectivity index (χ1v) is 4.95. The van der Waals surface area contributed by atoms with E-state index in [2.05, 4.69) is 17.2 Å².